The number of nitrogens with zero attached hydrogens (tertiary/aromatic N) is 1. The van der Waals surface area contributed by atoms with E-state index < -0.39 is 0 Å². The minimum atomic E-state index is -0.218. The number of thioether (sulfide) groups is 1. The Hall–Kier alpha value is -1.21. The standard InChI is InChI=1S/C17H27N3O3S/c1-12-14(13(5-10-24-2)19-16(22)18-12)15(21)20-8-9-23-17(11-20)6-3-4-7-17/h13H,3-11H2,1-2H3,(H2,18,19,22)/t13-/m0/s1. The number of nitrogens with one attached hydrogen (secondary N) is 2. The molecule has 1 saturated heterocycles. The van der Waals surface area contributed by atoms with Crippen molar-refractivity contribution >= 4 is 23.7 Å². The van der Waals surface area contributed by atoms with Crippen LogP contribution in [0.5, 0.6) is 0 Å². The largest absolute Gasteiger partial charge is 0.371 e. The summed E-state index contributed by atoms with van der Waals surface area (Å²) >= 11 is 1.72. The summed E-state index contributed by atoms with van der Waals surface area (Å²) in [5.74, 6) is 0.947. The average Bonchev–Trinajstić information content (AvgIpc) is 2.99. The van der Waals surface area contributed by atoms with Crippen molar-refractivity contribution in [1.82, 2.24) is 15.5 Å². The smallest absolute Gasteiger partial charge is 0.319 e. The monoisotopic (exact) mass is 353 g/mol. The van der Waals surface area contributed by atoms with Crippen molar-refractivity contribution in [3.8, 4) is 0 Å². The van der Waals surface area contributed by atoms with Crippen molar-refractivity contribution in [3.63, 3.8) is 0 Å². The maximum Gasteiger partial charge on any atom is 0.319 e. The predicted molar refractivity (Wildman–Crippen MR) is 94.9 cm³/mol. The van der Waals surface area contributed by atoms with Crippen LogP contribution < -0.4 is 10.6 Å². The van der Waals surface area contributed by atoms with E-state index >= 15 is 0 Å². The summed E-state index contributed by atoms with van der Waals surface area (Å²) in [5.41, 5.74) is 1.25. The summed E-state index contributed by atoms with van der Waals surface area (Å²) in [4.78, 5) is 26.9. The maximum atomic E-state index is 13.2. The van der Waals surface area contributed by atoms with E-state index in [4.69, 9.17) is 4.74 Å². The van der Waals surface area contributed by atoms with Gasteiger partial charge in [-0.1, -0.05) is 12.8 Å². The highest BCUT2D eigenvalue weighted by atomic mass is 32.2. The van der Waals surface area contributed by atoms with Crippen LogP contribution in [0.4, 0.5) is 4.79 Å². The number of rotatable bonds is 4. The van der Waals surface area contributed by atoms with Crippen LogP contribution in [-0.4, -0.2) is 60.2 Å². The second kappa shape index (κ2) is 7.35. The van der Waals surface area contributed by atoms with Gasteiger partial charge in [-0.25, -0.2) is 4.79 Å². The van der Waals surface area contributed by atoms with Crippen LogP contribution in [0.1, 0.15) is 39.0 Å². The molecular weight excluding hydrogens is 326 g/mol. The first-order valence-electron chi connectivity index (χ1n) is 8.75. The predicted octanol–water partition coefficient (Wildman–Crippen LogP) is 1.87. The third-order valence-corrected chi connectivity index (χ3v) is 5.89. The number of allylic oxidation sites excluding steroid dienone is 1. The van der Waals surface area contributed by atoms with E-state index in [0.717, 1.165) is 25.0 Å². The topological polar surface area (TPSA) is 70.7 Å². The Balaban J connectivity index is 1.78. The van der Waals surface area contributed by atoms with Gasteiger partial charge in [0.15, 0.2) is 0 Å². The second-order valence-electron chi connectivity index (χ2n) is 6.94. The maximum absolute atomic E-state index is 13.2. The van der Waals surface area contributed by atoms with Crippen molar-refractivity contribution in [1.29, 1.82) is 0 Å². The summed E-state index contributed by atoms with van der Waals surface area (Å²) < 4.78 is 6.03. The van der Waals surface area contributed by atoms with E-state index in [1.807, 2.05) is 18.1 Å². The van der Waals surface area contributed by atoms with Gasteiger partial charge >= 0.3 is 6.03 Å². The fraction of sp³-hybridized carbons (Fsp3) is 0.765. The number of amides is 3. The molecule has 0 aromatic heterocycles. The number of urea groups is 1. The molecule has 2 N–H and O–H groups in total. The van der Waals surface area contributed by atoms with E-state index in [-0.39, 0.29) is 23.6 Å². The molecule has 1 spiro atoms. The molecule has 7 heteroatoms. The Morgan fingerprint density at radius 2 is 2.17 bits per heavy atom. The Bertz CT molecular complexity index is 543. The van der Waals surface area contributed by atoms with E-state index in [1.165, 1.54) is 12.8 Å². The Labute approximate surface area is 147 Å². The van der Waals surface area contributed by atoms with Crippen LogP contribution in [-0.2, 0) is 9.53 Å². The van der Waals surface area contributed by atoms with Crippen LogP contribution >= 0.6 is 11.8 Å². The molecular formula is C17H27N3O3S. The molecule has 0 radical (unpaired) electrons. The summed E-state index contributed by atoms with van der Waals surface area (Å²) in [6, 6.07) is -0.425. The highest BCUT2D eigenvalue weighted by Crippen LogP contribution is 2.36. The molecule has 134 valence electrons. The number of hydrogen-bond acceptors (Lipinski definition) is 4. The summed E-state index contributed by atoms with van der Waals surface area (Å²) in [5, 5.41) is 5.67. The van der Waals surface area contributed by atoms with Crippen LogP contribution in [0.15, 0.2) is 11.3 Å². The van der Waals surface area contributed by atoms with Gasteiger partial charge in [-0.2, -0.15) is 11.8 Å². The van der Waals surface area contributed by atoms with Gasteiger partial charge in [0.2, 0.25) is 0 Å². The van der Waals surface area contributed by atoms with Gasteiger partial charge in [-0.15, -0.1) is 0 Å². The molecule has 6 nitrogen and oxygen atoms in total. The van der Waals surface area contributed by atoms with Crippen molar-refractivity contribution in [2.75, 3.05) is 31.7 Å². The average molecular weight is 353 g/mol. The molecule has 0 bridgehead atoms. The first kappa shape index (κ1) is 17.6. The lowest BCUT2D eigenvalue weighted by atomic mass is 9.96. The van der Waals surface area contributed by atoms with Crippen LogP contribution in [0.3, 0.4) is 0 Å². The van der Waals surface area contributed by atoms with Crippen LogP contribution in [0.2, 0.25) is 0 Å². The van der Waals surface area contributed by atoms with E-state index in [2.05, 4.69) is 10.6 Å². The lowest BCUT2D eigenvalue weighted by molar-refractivity contribution is -0.146. The summed E-state index contributed by atoms with van der Waals surface area (Å²) in [6.07, 6.45) is 7.24. The molecule has 3 amide bonds. The van der Waals surface area contributed by atoms with Crippen molar-refractivity contribution in [3.05, 3.63) is 11.3 Å². The van der Waals surface area contributed by atoms with E-state index in [1.54, 1.807) is 11.8 Å². The summed E-state index contributed by atoms with van der Waals surface area (Å²) in [7, 11) is 0. The fourth-order valence-corrected chi connectivity index (χ4v) is 4.51. The molecule has 1 aliphatic carbocycles. The van der Waals surface area contributed by atoms with Crippen molar-refractivity contribution < 1.29 is 14.3 Å². The lowest BCUT2D eigenvalue weighted by Crippen LogP contribution is -2.56. The quantitative estimate of drug-likeness (QED) is 0.809. The SMILES string of the molecule is CSCC[C@@H]1NC(=O)NC(C)=C1C(=O)N1CCOC2(CCCC2)C1. The third-order valence-electron chi connectivity index (χ3n) is 5.25. The first-order valence-corrected chi connectivity index (χ1v) is 10.1. The minimum Gasteiger partial charge on any atom is -0.371 e. The van der Waals surface area contributed by atoms with Gasteiger partial charge in [0.25, 0.3) is 5.91 Å². The number of carbonyl (C=O) groups excluding carboxylic acids is 2. The van der Waals surface area contributed by atoms with Crippen LogP contribution in [0, 0.1) is 0 Å². The number of carbonyl (C=O) groups is 2. The zero-order valence-corrected chi connectivity index (χ0v) is 15.3. The second-order valence-corrected chi connectivity index (χ2v) is 7.92. The molecule has 0 unspecified atom stereocenters. The molecule has 0 aromatic rings. The zero-order valence-electron chi connectivity index (χ0n) is 14.5. The fourth-order valence-electron chi connectivity index (χ4n) is 4.04. The Morgan fingerprint density at radius 1 is 1.42 bits per heavy atom. The molecule has 2 heterocycles. The summed E-state index contributed by atoms with van der Waals surface area (Å²) in [6.45, 7) is 3.73. The lowest BCUT2D eigenvalue weighted by Gasteiger charge is -2.42. The van der Waals surface area contributed by atoms with Gasteiger partial charge < -0.3 is 20.3 Å². The molecule has 0 aromatic carbocycles. The zero-order chi connectivity index (χ0) is 17.2. The van der Waals surface area contributed by atoms with Gasteiger partial charge in [0.05, 0.1) is 30.4 Å². The number of ether oxygens (including phenoxy) is 1. The Kier molecular flexibility index (Phi) is 5.39. The highest BCUT2D eigenvalue weighted by Gasteiger charge is 2.42. The normalized spacial score (nSPS) is 26.5. The molecule has 3 aliphatic rings. The molecule has 1 saturated carbocycles. The van der Waals surface area contributed by atoms with Crippen molar-refractivity contribution in [2.45, 2.75) is 50.7 Å². The molecule has 24 heavy (non-hydrogen) atoms. The van der Waals surface area contributed by atoms with Crippen LogP contribution in [0.25, 0.3) is 0 Å². The first-order chi connectivity index (χ1) is 11.5. The number of hydrogen-bond donors (Lipinski definition) is 2. The van der Waals surface area contributed by atoms with Crippen molar-refractivity contribution in [2.24, 2.45) is 0 Å². The highest BCUT2D eigenvalue weighted by molar-refractivity contribution is 7.98. The van der Waals surface area contributed by atoms with Gasteiger partial charge in [0.1, 0.15) is 0 Å². The third kappa shape index (κ3) is 3.57. The molecule has 2 fully saturated rings. The van der Waals surface area contributed by atoms with Gasteiger partial charge in [-0.3, -0.25) is 4.79 Å². The number of morpholine rings is 1. The van der Waals surface area contributed by atoms with E-state index in [0.29, 0.717) is 31.0 Å². The molecule has 2 aliphatic heterocycles. The molecule has 1 atom stereocenters. The van der Waals surface area contributed by atoms with Gasteiger partial charge in [-0.05, 0) is 38.2 Å². The Morgan fingerprint density at radius 3 is 2.88 bits per heavy atom. The van der Waals surface area contributed by atoms with E-state index in [9.17, 15) is 9.59 Å². The minimum absolute atomic E-state index is 0.0423. The molecule has 3 rings (SSSR count). The van der Waals surface area contributed by atoms with Gasteiger partial charge in [0, 0.05) is 12.2 Å².